The fraction of sp³-hybridized carbons (Fsp3) is 0.167. The smallest absolute Gasteiger partial charge is 0.225 e. The summed E-state index contributed by atoms with van der Waals surface area (Å²) in [5.74, 6) is 1.50. The lowest BCUT2D eigenvalue weighted by Crippen LogP contribution is -2.21. The van der Waals surface area contributed by atoms with Crippen molar-refractivity contribution in [1.82, 2.24) is 5.32 Å². The van der Waals surface area contributed by atoms with E-state index < -0.39 is 0 Å². The molecule has 2 rings (SSSR count). The standard InChI is InChI=1S/C18H20N2O2/c1-2-13-19-14-12-18(21)20-15-8-10-17(11-9-15)22-16-6-4-3-5-7-16/h2-11,19H,1,12-14H2,(H,20,21). The van der Waals surface area contributed by atoms with Gasteiger partial charge in [0.05, 0.1) is 0 Å². The van der Waals surface area contributed by atoms with E-state index in [1.165, 1.54) is 0 Å². The van der Waals surface area contributed by atoms with E-state index >= 15 is 0 Å². The molecule has 0 radical (unpaired) electrons. The molecule has 0 aromatic heterocycles. The predicted octanol–water partition coefficient (Wildman–Crippen LogP) is 3.58. The Morgan fingerprint density at radius 3 is 2.41 bits per heavy atom. The predicted molar refractivity (Wildman–Crippen MR) is 89.3 cm³/mol. The van der Waals surface area contributed by atoms with Crippen molar-refractivity contribution in [3.05, 3.63) is 67.3 Å². The van der Waals surface area contributed by atoms with E-state index in [-0.39, 0.29) is 5.91 Å². The van der Waals surface area contributed by atoms with Crippen LogP contribution in [0.2, 0.25) is 0 Å². The third-order valence-electron chi connectivity index (χ3n) is 2.93. The summed E-state index contributed by atoms with van der Waals surface area (Å²) >= 11 is 0. The minimum Gasteiger partial charge on any atom is -0.457 e. The Morgan fingerprint density at radius 1 is 1.05 bits per heavy atom. The highest BCUT2D eigenvalue weighted by molar-refractivity contribution is 5.90. The molecule has 0 aliphatic heterocycles. The fourth-order valence-corrected chi connectivity index (χ4v) is 1.86. The number of ether oxygens (including phenoxy) is 1. The van der Waals surface area contributed by atoms with Crippen LogP contribution in [0, 0.1) is 0 Å². The molecule has 0 spiro atoms. The zero-order chi connectivity index (χ0) is 15.6. The molecule has 0 saturated carbocycles. The molecule has 2 N–H and O–H groups in total. The Balaban J connectivity index is 1.81. The number of carbonyl (C=O) groups is 1. The van der Waals surface area contributed by atoms with Gasteiger partial charge in [0.2, 0.25) is 5.91 Å². The number of amides is 1. The quantitative estimate of drug-likeness (QED) is 0.578. The Morgan fingerprint density at radius 2 is 1.73 bits per heavy atom. The summed E-state index contributed by atoms with van der Waals surface area (Å²) in [6, 6.07) is 16.9. The van der Waals surface area contributed by atoms with Crippen molar-refractivity contribution < 1.29 is 9.53 Å². The zero-order valence-electron chi connectivity index (χ0n) is 12.4. The molecular weight excluding hydrogens is 276 g/mol. The lowest BCUT2D eigenvalue weighted by atomic mass is 10.3. The summed E-state index contributed by atoms with van der Waals surface area (Å²) in [6.07, 6.45) is 2.19. The van der Waals surface area contributed by atoms with Gasteiger partial charge in [-0.05, 0) is 36.4 Å². The van der Waals surface area contributed by atoms with E-state index in [4.69, 9.17) is 4.74 Å². The Kier molecular flexibility index (Phi) is 6.20. The first kappa shape index (κ1) is 15.8. The lowest BCUT2D eigenvalue weighted by Gasteiger charge is -2.08. The Labute approximate surface area is 130 Å². The van der Waals surface area contributed by atoms with Gasteiger partial charge in [-0.3, -0.25) is 4.79 Å². The Bertz CT molecular complexity index is 594. The van der Waals surface area contributed by atoms with Crippen molar-refractivity contribution in [1.29, 1.82) is 0 Å². The monoisotopic (exact) mass is 296 g/mol. The summed E-state index contributed by atoms with van der Waals surface area (Å²) in [6.45, 7) is 4.95. The maximum absolute atomic E-state index is 11.7. The number of nitrogens with one attached hydrogen (secondary N) is 2. The number of benzene rings is 2. The molecule has 114 valence electrons. The third-order valence-corrected chi connectivity index (χ3v) is 2.93. The first-order chi connectivity index (χ1) is 10.8. The number of rotatable bonds is 8. The van der Waals surface area contributed by atoms with Gasteiger partial charge >= 0.3 is 0 Å². The van der Waals surface area contributed by atoms with Crippen molar-refractivity contribution in [2.75, 3.05) is 18.4 Å². The van der Waals surface area contributed by atoms with Crippen molar-refractivity contribution >= 4 is 11.6 Å². The van der Waals surface area contributed by atoms with E-state index in [0.717, 1.165) is 17.2 Å². The second kappa shape index (κ2) is 8.64. The molecule has 4 heteroatoms. The minimum atomic E-state index is -0.0201. The molecule has 0 bridgehead atoms. The van der Waals surface area contributed by atoms with Crippen LogP contribution in [0.15, 0.2) is 67.3 Å². The topological polar surface area (TPSA) is 50.4 Å². The van der Waals surface area contributed by atoms with Crippen LogP contribution in [0.4, 0.5) is 5.69 Å². The highest BCUT2D eigenvalue weighted by Gasteiger charge is 2.02. The molecule has 0 fully saturated rings. The molecule has 1 amide bonds. The SMILES string of the molecule is C=CCNCCC(=O)Nc1ccc(Oc2ccccc2)cc1. The van der Waals surface area contributed by atoms with Crippen molar-refractivity contribution in [2.24, 2.45) is 0 Å². The average molecular weight is 296 g/mol. The van der Waals surface area contributed by atoms with Gasteiger partial charge in [-0.1, -0.05) is 24.3 Å². The van der Waals surface area contributed by atoms with Crippen LogP contribution < -0.4 is 15.4 Å². The van der Waals surface area contributed by atoms with Gasteiger partial charge in [0, 0.05) is 25.2 Å². The number of para-hydroxylation sites is 1. The summed E-state index contributed by atoms with van der Waals surface area (Å²) in [5, 5.41) is 5.94. The Hall–Kier alpha value is -2.59. The summed E-state index contributed by atoms with van der Waals surface area (Å²) in [7, 11) is 0. The second-order valence-corrected chi connectivity index (χ2v) is 4.73. The number of hydrogen-bond acceptors (Lipinski definition) is 3. The second-order valence-electron chi connectivity index (χ2n) is 4.73. The van der Waals surface area contributed by atoms with Crippen LogP contribution in [0.3, 0.4) is 0 Å². The number of anilines is 1. The zero-order valence-corrected chi connectivity index (χ0v) is 12.4. The summed E-state index contributed by atoms with van der Waals surface area (Å²) in [5.41, 5.74) is 0.758. The van der Waals surface area contributed by atoms with Gasteiger partial charge in [-0.15, -0.1) is 6.58 Å². The van der Waals surface area contributed by atoms with E-state index in [1.807, 2.05) is 54.6 Å². The normalized spacial score (nSPS) is 10.0. The molecule has 4 nitrogen and oxygen atoms in total. The van der Waals surface area contributed by atoms with Crippen molar-refractivity contribution in [3.8, 4) is 11.5 Å². The number of hydrogen-bond donors (Lipinski definition) is 2. The number of carbonyl (C=O) groups excluding carboxylic acids is 1. The highest BCUT2D eigenvalue weighted by Crippen LogP contribution is 2.22. The fourth-order valence-electron chi connectivity index (χ4n) is 1.86. The molecule has 0 aliphatic carbocycles. The highest BCUT2D eigenvalue weighted by atomic mass is 16.5. The third kappa shape index (κ3) is 5.42. The van der Waals surface area contributed by atoms with Gasteiger partial charge in [0.15, 0.2) is 0 Å². The van der Waals surface area contributed by atoms with E-state index in [0.29, 0.717) is 19.5 Å². The van der Waals surface area contributed by atoms with Gasteiger partial charge in [0.1, 0.15) is 11.5 Å². The molecule has 22 heavy (non-hydrogen) atoms. The van der Waals surface area contributed by atoms with E-state index in [1.54, 1.807) is 6.08 Å². The van der Waals surface area contributed by atoms with Crippen LogP contribution >= 0.6 is 0 Å². The van der Waals surface area contributed by atoms with Gasteiger partial charge in [-0.25, -0.2) is 0 Å². The molecule has 0 atom stereocenters. The molecule has 0 unspecified atom stereocenters. The summed E-state index contributed by atoms with van der Waals surface area (Å²) in [4.78, 5) is 11.7. The van der Waals surface area contributed by atoms with Gasteiger partial charge < -0.3 is 15.4 Å². The lowest BCUT2D eigenvalue weighted by molar-refractivity contribution is -0.116. The molecule has 2 aromatic rings. The van der Waals surface area contributed by atoms with Crippen LogP contribution in [-0.4, -0.2) is 19.0 Å². The first-order valence-corrected chi connectivity index (χ1v) is 7.22. The molecular formula is C18H20N2O2. The van der Waals surface area contributed by atoms with Gasteiger partial charge in [0.25, 0.3) is 0 Å². The molecule has 0 aliphatic rings. The summed E-state index contributed by atoms with van der Waals surface area (Å²) < 4.78 is 5.70. The average Bonchev–Trinajstić information content (AvgIpc) is 2.54. The molecule has 2 aromatic carbocycles. The maximum atomic E-state index is 11.7. The van der Waals surface area contributed by atoms with E-state index in [9.17, 15) is 4.79 Å². The van der Waals surface area contributed by atoms with Crippen LogP contribution in [-0.2, 0) is 4.79 Å². The maximum Gasteiger partial charge on any atom is 0.225 e. The van der Waals surface area contributed by atoms with E-state index in [2.05, 4.69) is 17.2 Å². The molecule has 0 heterocycles. The van der Waals surface area contributed by atoms with Crippen molar-refractivity contribution in [3.63, 3.8) is 0 Å². The first-order valence-electron chi connectivity index (χ1n) is 7.22. The van der Waals surface area contributed by atoms with Crippen molar-refractivity contribution in [2.45, 2.75) is 6.42 Å². The van der Waals surface area contributed by atoms with Crippen LogP contribution in [0.1, 0.15) is 6.42 Å². The van der Waals surface area contributed by atoms with Crippen LogP contribution in [0.5, 0.6) is 11.5 Å². The minimum absolute atomic E-state index is 0.0201. The largest absolute Gasteiger partial charge is 0.457 e. The molecule has 0 saturated heterocycles. The van der Waals surface area contributed by atoms with Gasteiger partial charge in [-0.2, -0.15) is 0 Å². The van der Waals surface area contributed by atoms with Crippen LogP contribution in [0.25, 0.3) is 0 Å².